The molecule has 0 saturated heterocycles. The van der Waals surface area contributed by atoms with E-state index in [1.165, 1.54) is 16.7 Å². The molecule has 1 unspecified atom stereocenters. The Morgan fingerprint density at radius 2 is 1.74 bits per heavy atom. The Balaban J connectivity index is 2.22. The number of rotatable bonds is 3. The first-order valence-corrected chi connectivity index (χ1v) is 7.82. The largest absolute Gasteiger partial charge is 0.324 e. The quantitative estimate of drug-likeness (QED) is 0.787. The number of hydrogen-bond donors (Lipinski definition) is 1. The fourth-order valence-electron chi connectivity index (χ4n) is 2.09. The predicted molar refractivity (Wildman–Crippen MR) is 88.4 cm³/mol. The minimum atomic E-state index is -0.00557. The van der Waals surface area contributed by atoms with E-state index in [0.29, 0.717) is 0 Å². The molecule has 0 heterocycles. The molecule has 2 N–H and O–H groups in total. The van der Waals surface area contributed by atoms with Gasteiger partial charge in [0.25, 0.3) is 0 Å². The van der Waals surface area contributed by atoms with E-state index in [0.717, 1.165) is 20.9 Å². The molecule has 0 aliphatic rings. The van der Waals surface area contributed by atoms with E-state index >= 15 is 0 Å². The molecule has 0 fully saturated rings. The van der Waals surface area contributed by atoms with Crippen LogP contribution in [0.25, 0.3) is 0 Å². The van der Waals surface area contributed by atoms with Crippen molar-refractivity contribution in [3.05, 3.63) is 67.6 Å². The maximum atomic E-state index is 6.33. The molecule has 0 aliphatic carbocycles. The van der Waals surface area contributed by atoms with Gasteiger partial charge in [0.05, 0.1) is 0 Å². The predicted octanol–water partition coefficient (Wildman–Crippen LogP) is 5.07. The first kappa shape index (κ1) is 14.8. The Labute approximate surface area is 131 Å². The first-order chi connectivity index (χ1) is 8.97. The third-order valence-corrected chi connectivity index (χ3v) is 4.60. The fourth-order valence-corrected chi connectivity index (χ4v) is 3.01. The van der Waals surface area contributed by atoms with Crippen LogP contribution in [-0.4, -0.2) is 0 Å². The molecule has 1 nitrogen and oxygen atoms in total. The van der Waals surface area contributed by atoms with Crippen LogP contribution < -0.4 is 5.73 Å². The van der Waals surface area contributed by atoms with Crippen LogP contribution >= 0.6 is 31.9 Å². The molecule has 0 aliphatic heterocycles. The number of aryl methyl sites for hydroxylation is 2. The van der Waals surface area contributed by atoms with Gasteiger partial charge in [0.1, 0.15) is 0 Å². The lowest BCUT2D eigenvalue weighted by Crippen LogP contribution is -2.14. The Kier molecular flexibility index (Phi) is 4.82. The van der Waals surface area contributed by atoms with Crippen LogP contribution in [0.5, 0.6) is 0 Å². The highest BCUT2D eigenvalue weighted by Gasteiger charge is 2.11. The van der Waals surface area contributed by atoms with Crippen LogP contribution in [0.3, 0.4) is 0 Å². The van der Waals surface area contributed by atoms with Crippen molar-refractivity contribution in [3.63, 3.8) is 0 Å². The summed E-state index contributed by atoms with van der Waals surface area (Å²) in [6, 6.07) is 12.7. The molecule has 1 atom stereocenters. The Hall–Kier alpha value is -0.640. The second-order valence-electron chi connectivity index (χ2n) is 4.90. The summed E-state index contributed by atoms with van der Waals surface area (Å²) in [7, 11) is 0. The summed E-state index contributed by atoms with van der Waals surface area (Å²) < 4.78 is 2.12. The van der Waals surface area contributed by atoms with E-state index in [-0.39, 0.29) is 6.04 Å². The van der Waals surface area contributed by atoms with Gasteiger partial charge in [-0.3, -0.25) is 0 Å². The van der Waals surface area contributed by atoms with Crippen molar-refractivity contribution in [1.29, 1.82) is 0 Å². The molecule has 100 valence electrons. The third kappa shape index (κ3) is 3.68. The maximum absolute atomic E-state index is 6.33. The van der Waals surface area contributed by atoms with Gasteiger partial charge in [-0.1, -0.05) is 50.1 Å². The summed E-state index contributed by atoms with van der Waals surface area (Å²) in [5.41, 5.74) is 11.4. The number of halogens is 2. The van der Waals surface area contributed by atoms with Gasteiger partial charge in [-0.15, -0.1) is 0 Å². The lowest BCUT2D eigenvalue weighted by atomic mass is 9.97. The van der Waals surface area contributed by atoms with E-state index in [4.69, 9.17) is 5.73 Å². The van der Waals surface area contributed by atoms with Crippen LogP contribution in [0.15, 0.2) is 45.3 Å². The zero-order valence-corrected chi connectivity index (χ0v) is 14.3. The molecule has 2 rings (SSSR count). The molecule has 0 bridgehead atoms. The van der Waals surface area contributed by atoms with Crippen molar-refractivity contribution in [2.75, 3.05) is 0 Å². The molecule has 0 amide bonds. The molecule has 19 heavy (non-hydrogen) atoms. The van der Waals surface area contributed by atoms with Crippen LogP contribution in [0.2, 0.25) is 0 Å². The van der Waals surface area contributed by atoms with Gasteiger partial charge in [-0.25, -0.2) is 0 Å². The SMILES string of the molecule is Cc1ccc(CC(N)c2cc(Br)ccc2Br)cc1C. The zero-order valence-electron chi connectivity index (χ0n) is 11.1. The van der Waals surface area contributed by atoms with Crippen molar-refractivity contribution in [2.45, 2.75) is 26.3 Å². The van der Waals surface area contributed by atoms with E-state index in [9.17, 15) is 0 Å². The Morgan fingerprint density at radius 3 is 2.42 bits per heavy atom. The van der Waals surface area contributed by atoms with E-state index in [2.05, 4.69) is 70.0 Å². The minimum absolute atomic E-state index is 0.00557. The summed E-state index contributed by atoms with van der Waals surface area (Å²) >= 11 is 7.06. The normalized spacial score (nSPS) is 12.5. The number of benzene rings is 2. The highest BCUT2D eigenvalue weighted by atomic mass is 79.9. The van der Waals surface area contributed by atoms with Crippen LogP contribution in [0.1, 0.15) is 28.3 Å². The van der Waals surface area contributed by atoms with E-state index in [1.54, 1.807) is 0 Å². The first-order valence-electron chi connectivity index (χ1n) is 6.24. The van der Waals surface area contributed by atoms with Crippen LogP contribution in [-0.2, 0) is 6.42 Å². The average Bonchev–Trinajstić information content (AvgIpc) is 2.36. The molecular weight excluding hydrogens is 366 g/mol. The number of nitrogens with two attached hydrogens (primary N) is 1. The Bertz CT molecular complexity index is 593. The topological polar surface area (TPSA) is 26.0 Å². The molecular formula is C16H17Br2N. The van der Waals surface area contributed by atoms with E-state index < -0.39 is 0 Å². The highest BCUT2D eigenvalue weighted by Crippen LogP contribution is 2.28. The number of hydrogen-bond acceptors (Lipinski definition) is 1. The minimum Gasteiger partial charge on any atom is -0.324 e. The lowest BCUT2D eigenvalue weighted by molar-refractivity contribution is 0.717. The van der Waals surface area contributed by atoms with Crippen LogP contribution in [0.4, 0.5) is 0 Å². The van der Waals surface area contributed by atoms with Gasteiger partial charge in [0, 0.05) is 15.0 Å². The Morgan fingerprint density at radius 1 is 1.00 bits per heavy atom. The zero-order chi connectivity index (χ0) is 14.0. The van der Waals surface area contributed by atoms with Gasteiger partial charge < -0.3 is 5.73 Å². The maximum Gasteiger partial charge on any atom is 0.0347 e. The van der Waals surface area contributed by atoms with Crippen molar-refractivity contribution < 1.29 is 0 Å². The van der Waals surface area contributed by atoms with E-state index in [1.807, 2.05) is 12.1 Å². The molecule has 0 spiro atoms. The second-order valence-corrected chi connectivity index (χ2v) is 6.67. The third-order valence-electron chi connectivity index (χ3n) is 3.38. The lowest BCUT2D eigenvalue weighted by Gasteiger charge is -2.15. The summed E-state index contributed by atoms with van der Waals surface area (Å²) in [5, 5.41) is 0. The standard InChI is InChI=1S/C16H17Br2N/c1-10-3-4-12(7-11(10)2)8-16(19)14-9-13(17)5-6-15(14)18/h3-7,9,16H,8,19H2,1-2H3. The smallest absolute Gasteiger partial charge is 0.0347 e. The van der Waals surface area contributed by atoms with Gasteiger partial charge in [0.15, 0.2) is 0 Å². The fraction of sp³-hybridized carbons (Fsp3) is 0.250. The van der Waals surface area contributed by atoms with Crippen molar-refractivity contribution in [1.82, 2.24) is 0 Å². The summed E-state index contributed by atoms with van der Waals surface area (Å²) in [6.07, 6.45) is 0.843. The van der Waals surface area contributed by atoms with Gasteiger partial charge in [0.2, 0.25) is 0 Å². The van der Waals surface area contributed by atoms with Crippen molar-refractivity contribution in [2.24, 2.45) is 5.73 Å². The molecule has 2 aromatic rings. The van der Waals surface area contributed by atoms with Crippen LogP contribution in [0, 0.1) is 13.8 Å². The van der Waals surface area contributed by atoms with Gasteiger partial charge in [-0.05, 0) is 60.7 Å². The molecule has 0 radical (unpaired) electrons. The summed E-state index contributed by atoms with van der Waals surface area (Å²) in [5.74, 6) is 0. The second kappa shape index (κ2) is 6.21. The monoisotopic (exact) mass is 381 g/mol. The molecule has 0 aromatic heterocycles. The molecule has 2 aromatic carbocycles. The molecule has 0 saturated carbocycles. The average molecular weight is 383 g/mol. The van der Waals surface area contributed by atoms with Gasteiger partial charge >= 0.3 is 0 Å². The molecule has 3 heteroatoms. The van der Waals surface area contributed by atoms with Crippen molar-refractivity contribution >= 4 is 31.9 Å². The van der Waals surface area contributed by atoms with Gasteiger partial charge in [-0.2, -0.15) is 0 Å². The van der Waals surface area contributed by atoms with Crippen molar-refractivity contribution in [3.8, 4) is 0 Å². The summed E-state index contributed by atoms with van der Waals surface area (Å²) in [4.78, 5) is 0. The summed E-state index contributed by atoms with van der Waals surface area (Å²) in [6.45, 7) is 4.27. The highest BCUT2D eigenvalue weighted by molar-refractivity contribution is 9.11.